The Labute approximate surface area is 161 Å². The predicted octanol–water partition coefficient (Wildman–Crippen LogP) is 8.65. The molecule has 0 aromatic heterocycles. The van der Waals surface area contributed by atoms with Crippen molar-refractivity contribution < 1.29 is 0 Å². The highest BCUT2D eigenvalue weighted by atomic mass is 31.1. The van der Waals surface area contributed by atoms with Crippen LogP contribution in [0.3, 0.4) is 0 Å². The number of hydrogen-bond acceptors (Lipinski definition) is 0. The zero-order chi connectivity index (χ0) is 18.3. The summed E-state index contributed by atoms with van der Waals surface area (Å²) in [6.45, 7) is 4.56. The summed E-state index contributed by atoms with van der Waals surface area (Å²) in [5.74, 6) is 6.58. The molecule has 0 aliphatic rings. The Hall–Kier alpha value is -0.450. The highest BCUT2D eigenvalue weighted by Gasteiger charge is 1.91. The summed E-state index contributed by atoms with van der Waals surface area (Å²) in [6.07, 6.45) is 24.2. The van der Waals surface area contributed by atoms with Crippen molar-refractivity contribution >= 4 is 8.58 Å². The minimum absolute atomic E-state index is 0.534. The summed E-state index contributed by atoms with van der Waals surface area (Å²) in [5, 5.41) is 0. The molecule has 0 atom stereocenters. The lowest BCUT2D eigenvalue weighted by Crippen LogP contribution is -1.80. The number of rotatable bonds is 16. The zero-order valence-corrected chi connectivity index (χ0v) is 18.2. The van der Waals surface area contributed by atoms with E-state index in [-0.39, 0.29) is 0 Å². The van der Waals surface area contributed by atoms with Crippen LogP contribution in [0.5, 0.6) is 0 Å². The molecule has 0 rings (SSSR count). The summed E-state index contributed by atoms with van der Waals surface area (Å²) >= 11 is 0. The van der Waals surface area contributed by atoms with E-state index in [0.29, 0.717) is 8.58 Å². The normalized spacial score (nSPS) is 10.0. The number of unbranched alkanes of at least 4 members (excludes halogenated alkanes) is 16. The minimum atomic E-state index is 0.534. The van der Waals surface area contributed by atoms with Crippen LogP contribution in [0.2, 0.25) is 0 Å². The largest absolute Gasteiger partial charge is 0.0979 e. The first-order valence-electron chi connectivity index (χ1n) is 11.1. The molecule has 0 heterocycles. The van der Waals surface area contributed by atoms with Gasteiger partial charge in [-0.3, -0.25) is 0 Å². The molecule has 0 unspecified atom stereocenters. The summed E-state index contributed by atoms with van der Waals surface area (Å²) in [6, 6.07) is 0. The van der Waals surface area contributed by atoms with Gasteiger partial charge < -0.3 is 0 Å². The van der Waals surface area contributed by atoms with Crippen LogP contribution in [0.25, 0.3) is 0 Å². The summed E-state index contributed by atoms with van der Waals surface area (Å²) < 4.78 is 0. The molecule has 0 amide bonds. The monoisotopic (exact) mass is 362 g/mol. The van der Waals surface area contributed by atoms with E-state index < -0.39 is 0 Å². The molecule has 0 saturated heterocycles. The van der Waals surface area contributed by atoms with Crippen LogP contribution in [-0.2, 0) is 0 Å². The van der Waals surface area contributed by atoms with Crippen molar-refractivity contribution in [2.45, 2.75) is 129 Å². The lowest BCUT2D eigenvalue weighted by molar-refractivity contribution is 0.579. The molecular weight excluding hydrogens is 319 g/mol. The maximum absolute atomic E-state index is 3.29. The Balaban J connectivity index is 3.22. The smallest absolute Gasteiger partial charge is 0.0358 e. The topological polar surface area (TPSA) is 0 Å². The van der Waals surface area contributed by atoms with E-state index in [1.807, 2.05) is 0 Å². The Kier molecular flexibility index (Phi) is 23.1. The molecule has 0 radical (unpaired) electrons. The molecule has 0 fully saturated rings. The van der Waals surface area contributed by atoms with E-state index in [1.54, 1.807) is 0 Å². The van der Waals surface area contributed by atoms with Crippen molar-refractivity contribution in [1.82, 2.24) is 0 Å². The summed E-state index contributed by atoms with van der Waals surface area (Å²) in [4.78, 5) is 0. The predicted molar refractivity (Wildman–Crippen MR) is 118 cm³/mol. The molecule has 0 aliphatic carbocycles. The average Bonchev–Trinajstić information content (AvgIpc) is 2.63. The third kappa shape index (κ3) is 23.6. The lowest BCUT2D eigenvalue weighted by atomic mass is 10.1. The fourth-order valence-electron chi connectivity index (χ4n) is 2.94. The van der Waals surface area contributed by atoms with Gasteiger partial charge in [0.25, 0.3) is 0 Å². The molecule has 0 bridgehead atoms. The quantitative estimate of drug-likeness (QED) is 0.146. The third-order valence-electron chi connectivity index (χ3n) is 4.61. The second-order valence-corrected chi connectivity index (χ2v) is 7.93. The van der Waals surface area contributed by atoms with Gasteiger partial charge in [0.15, 0.2) is 0 Å². The lowest BCUT2D eigenvalue weighted by Gasteiger charge is -1.99. The van der Waals surface area contributed by atoms with E-state index in [9.17, 15) is 0 Å². The van der Waals surface area contributed by atoms with Crippen molar-refractivity contribution in [3.05, 3.63) is 0 Å². The Morgan fingerprint density at radius 3 is 1.12 bits per heavy atom. The van der Waals surface area contributed by atoms with Gasteiger partial charge in [-0.05, 0) is 12.8 Å². The zero-order valence-electron chi connectivity index (χ0n) is 17.2. The Morgan fingerprint density at radius 1 is 0.440 bits per heavy atom. The van der Waals surface area contributed by atoms with Gasteiger partial charge in [0.2, 0.25) is 0 Å². The van der Waals surface area contributed by atoms with E-state index in [4.69, 9.17) is 0 Å². The van der Waals surface area contributed by atoms with Gasteiger partial charge in [0, 0.05) is 21.4 Å². The van der Waals surface area contributed by atoms with Gasteiger partial charge in [-0.1, -0.05) is 127 Å². The first-order chi connectivity index (χ1) is 12.4. The van der Waals surface area contributed by atoms with E-state index in [1.165, 1.54) is 103 Å². The van der Waals surface area contributed by atoms with Crippen LogP contribution in [-0.4, -0.2) is 0 Å². The molecular formula is C24H43P. The van der Waals surface area contributed by atoms with Crippen molar-refractivity contribution in [3.8, 4) is 23.2 Å². The fraction of sp³-hybridized carbons (Fsp3) is 0.833. The molecule has 25 heavy (non-hydrogen) atoms. The van der Waals surface area contributed by atoms with Crippen molar-refractivity contribution in [1.29, 1.82) is 0 Å². The molecule has 0 aliphatic heterocycles. The maximum atomic E-state index is 3.29. The van der Waals surface area contributed by atoms with Crippen LogP contribution in [0, 0.1) is 23.2 Å². The molecule has 144 valence electrons. The SMILES string of the molecule is CCCCCCCCCCC#CPC#CCCCCCCCCCC. The average molecular weight is 363 g/mol. The van der Waals surface area contributed by atoms with Gasteiger partial charge in [0.05, 0.1) is 0 Å². The second kappa shape index (κ2) is 23.5. The molecule has 0 aromatic rings. The Bertz CT molecular complexity index is 327. The van der Waals surface area contributed by atoms with Gasteiger partial charge in [-0.15, -0.1) is 0 Å². The van der Waals surface area contributed by atoms with Gasteiger partial charge in [-0.25, -0.2) is 0 Å². The molecule has 0 spiro atoms. The van der Waals surface area contributed by atoms with Crippen LogP contribution in [0.15, 0.2) is 0 Å². The molecule has 0 nitrogen and oxygen atoms in total. The number of hydrogen-bond donors (Lipinski definition) is 0. The summed E-state index contributed by atoms with van der Waals surface area (Å²) in [7, 11) is 0.534. The Morgan fingerprint density at radius 2 is 0.760 bits per heavy atom. The summed E-state index contributed by atoms with van der Waals surface area (Å²) in [5.41, 5.74) is 6.48. The van der Waals surface area contributed by atoms with E-state index in [0.717, 1.165) is 12.8 Å². The molecule has 0 N–H and O–H groups in total. The molecule has 0 aromatic carbocycles. The van der Waals surface area contributed by atoms with Crippen LogP contribution >= 0.6 is 8.58 Å². The minimum Gasteiger partial charge on any atom is -0.0979 e. The van der Waals surface area contributed by atoms with E-state index in [2.05, 4.69) is 37.0 Å². The highest BCUT2D eigenvalue weighted by Crippen LogP contribution is 2.11. The van der Waals surface area contributed by atoms with Crippen LogP contribution < -0.4 is 0 Å². The van der Waals surface area contributed by atoms with Crippen molar-refractivity contribution in [3.63, 3.8) is 0 Å². The van der Waals surface area contributed by atoms with E-state index >= 15 is 0 Å². The first-order valence-corrected chi connectivity index (χ1v) is 12.1. The molecule has 1 heteroatoms. The van der Waals surface area contributed by atoms with Crippen LogP contribution in [0.1, 0.15) is 129 Å². The molecule has 0 saturated carbocycles. The van der Waals surface area contributed by atoms with Gasteiger partial charge >= 0.3 is 0 Å². The standard InChI is InChI=1S/C24H43P/c1-3-5-7-9-11-13-15-17-19-21-23-25-24-22-20-18-16-14-12-10-8-6-4-2/h25H,3-20H2,1-2H3. The van der Waals surface area contributed by atoms with Gasteiger partial charge in [0.1, 0.15) is 0 Å². The van der Waals surface area contributed by atoms with Crippen molar-refractivity contribution in [2.75, 3.05) is 0 Å². The second-order valence-electron chi connectivity index (χ2n) is 7.18. The maximum Gasteiger partial charge on any atom is 0.0358 e. The third-order valence-corrected chi connectivity index (χ3v) is 5.22. The van der Waals surface area contributed by atoms with Gasteiger partial charge in [-0.2, -0.15) is 0 Å². The van der Waals surface area contributed by atoms with Crippen molar-refractivity contribution in [2.24, 2.45) is 0 Å². The highest BCUT2D eigenvalue weighted by molar-refractivity contribution is 7.49. The fourth-order valence-corrected chi connectivity index (χ4v) is 3.43. The van der Waals surface area contributed by atoms with Crippen LogP contribution in [0.4, 0.5) is 0 Å². The first kappa shape index (κ1) is 24.6.